The number of aromatic nitrogens is 1. The van der Waals surface area contributed by atoms with Crippen molar-refractivity contribution in [2.24, 2.45) is 0 Å². The molecule has 1 N–H and O–H groups in total. The second-order valence-electron chi connectivity index (χ2n) is 11.1. The molecule has 1 heterocycles. The number of thiazole rings is 1. The minimum Gasteiger partial charge on any atom is -0.461 e. The highest BCUT2D eigenvalue weighted by molar-refractivity contribution is 7.14. The van der Waals surface area contributed by atoms with Crippen molar-refractivity contribution in [2.45, 2.75) is 84.2 Å². The Labute approximate surface area is 244 Å². The zero-order valence-electron chi connectivity index (χ0n) is 24.2. The molecule has 0 bridgehead atoms. The molecule has 0 radical (unpaired) electrons. The van der Waals surface area contributed by atoms with Crippen LogP contribution in [0.5, 0.6) is 0 Å². The molecule has 0 fully saturated rings. The lowest BCUT2D eigenvalue weighted by atomic mass is 10.0. The van der Waals surface area contributed by atoms with E-state index in [1.165, 1.54) is 19.1 Å². The van der Waals surface area contributed by atoms with E-state index in [4.69, 9.17) is 9.47 Å². The van der Waals surface area contributed by atoms with Gasteiger partial charge in [0.05, 0.1) is 24.8 Å². The summed E-state index contributed by atoms with van der Waals surface area (Å²) >= 11 is 0.613. The third-order valence-corrected chi connectivity index (χ3v) is 5.94. The van der Waals surface area contributed by atoms with Gasteiger partial charge in [0, 0.05) is 5.38 Å². The van der Waals surface area contributed by atoms with Crippen LogP contribution >= 0.6 is 11.3 Å². The molecular formula is C27H34F5N3O6S. The maximum Gasteiger partial charge on any atom is 0.416 e. The molecule has 0 aliphatic rings. The van der Waals surface area contributed by atoms with Crippen molar-refractivity contribution in [3.05, 3.63) is 46.5 Å². The highest BCUT2D eigenvalue weighted by Crippen LogP contribution is 2.34. The summed E-state index contributed by atoms with van der Waals surface area (Å²) in [5.41, 5.74) is -3.41. The number of anilines is 1. The normalized spacial score (nSPS) is 13.2. The summed E-state index contributed by atoms with van der Waals surface area (Å²) in [6.45, 7) is 10.2. The topological polar surface area (TPSA) is 107 Å². The quantitative estimate of drug-likeness (QED) is 0.188. The molecule has 2 aromatic rings. The number of nitrogens with one attached hydrogen (secondary N) is 1. The minimum absolute atomic E-state index is 0.0894. The average molecular weight is 624 g/mol. The molecule has 234 valence electrons. The zero-order chi connectivity index (χ0) is 32.1. The van der Waals surface area contributed by atoms with Crippen LogP contribution in [0.3, 0.4) is 0 Å². The van der Waals surface area contributed by atoms with E-state index in [0.717, 1.165) is 22.4 Å². The number of amides is 2. The number of ether oxygens (including phenoxy) is 3. The van der Waals surface area contributed by atoms with Crippen LogP contribution in [0.25, 0.3) is 0 Å². The summed E-state index contributed by atoms with van der Waals surface area (Å²) < 4.78 is 83.6. The lowest BCUT2D eigenvalue weighted by Crippen LogP contribution is -2.49. The van der Waals surface area contributed by atoms with Crippen molar-refractivity contribution in [1.29, 1.82) is 0 Å². The number of carbonyl (C=O) groups is 3. The molecule has 1 aromatic heterocycles. The first kappa shape index (κ1) is 34.7. The van der Waals surface area contributed by atoms with Crippen LogP contribution in [0.4, 0.5) is 36.7 Å². The number of rotatable bonds is 9. The van der Waals surface area contributed by atoms with Gasteiger partial charge in [-0.2, -0.15) is 22.0 Å². The van der Waals surface area contributed by atoms with E-state index >= 15 is 0 Å². The summed E-state index contributed by atoms with van der Waals surface area (Å²) in [5.74, 6) is -5.93. The van der Waals surface area contributed by atoms with E-state index < -0.39 is 65.3 Å². The van der Waals surface area contributed by atoms with Crippen LogP contribution in [-0.4, -0.2) is 53.5 Å². The fraction of sp³-hybridized carbons (Fsp3) is 0.556. The van der Waals surface area contributed by atoms with Crippen LogP contribution in [0, 0.1) is 0 Å². The summed E-state index contributed by atoms with van der Waals surface area (Å²) in [7, 11) is 0. The van der Waals surface area contributed by atoms with Crippen LogP contribution in [0.1, 0.15) is 65.3 Å². The molecule has 0 saturated carbocycles. The van der Waals surface area contributed by atoms with Gasteiger partial charge in [0.25, 0.3) is 0 Å². The summed E-state index contributed by atoms with van der Waals surface area (Å²) in [6, 6.07) is 3.16. The number of halogens is 5. The summed E-state index contributed by atoms with van der Waals surface area (Å²) in [4.78, 5) is 42.4. The van der Waals surface area contributed by atoms with E-state index in [9.17, 15) is 36.3 Å². The highest BCUT2D eigenvalue weighted by atomic mass is 32.1. The Kier molecular flexibility index (Phi) is 10.9. The fourth-order valence-electron chi connectivity index (χ4n) is 3.38. The Hall–Kier alpha value is -3.49. The Morgan fingerprint density at radius 3 is 2.02 bits per heavy atom. The third-order valence-electron chi connectivity index (χ3n) is 5.08. The Balaban J connectivity index is 2.48. The standard InChI is InChI=1S/C27H34F5N3O6S/c1-8-39-20(36)26(28,29)19-15-42-21(34-19)35(23(38)41-25(5,6)7)14-18(33-22(37)40-24(2,3)4)13-16-9-11-17(12-10-16)27(30,31)32/h9-12,15,18H,8,13-14H2,1-7H3,(H,33,37)/t18-/m0/s1. The van der Waals surface area contributed by atoms with E-state index in [1.54, 1.807) is 41.5 Å². The third kappa shape index (κ3) is 10.4. The van der Waals surface area contributed by atoms with Gasteiger partial charge in [-0.25, -0.2) is 19.4 Å². The SMILES string of the molecule is CCOC(=O)C(F)(F)c1csc(N(C[C@H](Cc2ccc(C(F)(F)F)cc2)NC(=O)OC(C)(C)C)C(=O)OC(C)(C)C)n1. The largest absolute Gasteiger partial charge is 0.461 e. The number of alkyl carbamates (subject to hydrolysis) is 1. The Morgan fingerprint density at radius 1 is 0.952 bits per heavy atom. The molecule has 0 spiro atoms. The number of hydrogen-bond acceptors (Lipinski definition) is 8. The Bertz CT molecular complexity index is 1240. The van der Waals surface area contributed by atoms with Crippen molar-refractivity contribution in [1.82, 2.24) is 10.3 Å². The number of nitrogens with zero attached hydrogens (tertiary/aromatic N) is 2. The maximum atomic E-state index is 14.7. The van der Waals surface area contributed by atoms with Crippen LogP contribution < -0.4 is 10.2 Å². The molecule has 1 aromatic carbocycles. The molecule has 0 unspecified atom stereocenters. The predicted molar refractivity (Wildman–Crippen MR) is 145 cm³/mol. The number of esters is 1. The summed E-state index contributed by atoms with van der Waals surface area (Å²) in [5, 5.41) is 3.18. The van der Waals surface area contributed by atoms with E-state index in [2.05, 4.69) is 15.0 Å². The number of alkyl halides is 5. The Morgan fingerprint density at radius 2 is 1.52 bits per heavy atom. The first-order valence-electron chi connectivity index (χ1n) is 12.8. The number of carbonyl (C=O) groups excluding carboxylic acids is 3. The second kappa shape index (κ2) is 13.2. The van der Waals surface area contributed by atoms with Crippen molar-refractivity contribution >= 4 is 34.6 Å². The van der Waals surface area contributed by atoms with E-state index in [1.807, 2.05) is 0 Å². The van der Waals surface area contributed by atoms with Crippen molar-refractivity contribution in [2.75, 3.05) is 18.1 Å². The van der Waals surface area contributed by atoms with Crippen LogP contribution in [0.2, 0.25) is 0 Å². The highest BCUT2D eigenvalue weighted by Gasteiger charge is 2.46. The van der Waals surface area contributed by atoms with Crippen LogP contribution in [-0.2, 0) is 37.5 Å². The van der Waals surface area contributed by atoms with Gasteiger partial charge in [-0.3, -0.25) is 4.90 Å². The van der Waals surface area contributed by atoms with Gasteiger partial charge in [-0.15, -0.1) is 11.3 Å². The molecule has 2 rings (SSSR count). The molecule has 0 saturated heterocycles. The second-order valence-corrected chi connectivity index (χ2v) is 12.0. The molecule has 42 heavy (non-hydrogen) atoms. The predicted octanol–water partition coefficient (Wildman–Crippen LogP) is 6.69. The smallest absolute Gasteiger partial charge is 0.416 e. The average Bonchev–Trinajstić information content (AvgIpc) is 3.30. The monoisotopic (exact) mass is 623 g/mol. The molecule has 15 heteroatoms. The maximum absolute atomic E-state index is 14.7. The molecule has 1 atom stereocenters. The molecule has 9 nitrogen and oxygen atoms in total. The fourth-order valence-corrected chi connectivity index (χ4v) is 4.22. The van der Waals surface area contributed by atoms with Gasteiger partial charge in [-0.05, 0) is 72.6 Å². The lowest BCUT2D eigenvalue weighted by molar-refractivity contribution is -0.173. The molecular weight excluding hydrogens is 589 g/mol. The van der Waals surface area contributed by atoms with Gasteiger partial charge in [0.15, 0.2) is 5.13 Å². The number of hydrogen-bond donors (Lipinski definition) is 1. The van der Waals surface area contributed by atoms with E-state index in [-0.39, 0.29) is 18.2 Å². The van der Waals surface area contributed by atoms with E-state index in [0.29, 0.717) is 16.9 Å². The van der Waals surface area contributed by atoms with Gasteiger partial charge in [0.1, 0.15) is 16.9 Å². The van der Waals surface area contributed by atoms with Crippen molar-refractivity contribution in [3.63, 3.8) is 0 Å². The van der Waals surface area contributed by atoms with Gasteiger partial charge in [-0.1, -0.05) is 12.1 Å². The number of benzene rings is 1. The van der Waals surface area contributed by atoms with Gasteiger partial charge >= 0.3 is 30.3 Å². The van der Waals surface area contributed by atoms with Gasteiger partial charge in [0.2, 0.25) is 0 Å². The molecule has 0 aliphatic carbocycles. The first-order chi connectivity index (χ1) is 19.1. The summed E-state index contributed by atoms with van der Waals surface area (Å²) in [6.07, 6.45) is -6.55. The lowest BCUT2D eigenvalue weighted by Gasteiger charge is -2.30. The molecule has 2 amide bonds. The van der Waals surface area contributed by atoms with Gasteiger partial charge < -0.3 is 19.5 Å². The minimum atomic E-state index is -4.56. The zero-order valence-corrected chi connectivity index (χ0v) is 25.0. The first-order valence-corrected chi connectivity index (χ1v) is 13.7. The van der Waals surface area contributed by atoms with Crippen molar-refractivity contribution < 1.29 is 50.5 Å². The van der Waals surface area contributed by atoms with Crippen LogP contribution in [0.15, 0.2) is 29.6 Å². The molecule has 0 aliphatic heterocycles. The van der Waals surface area contributed by atoms with Crippen molar-refractivity contribution in [3.8, 4) is 0 Å².